The van der Waals surface area contributed by atoms with Crippen LogP contribution < -0.4 is 4.90 Å². The molecule has 15 heavy (non-hydrogen) atoms. The molecule has 1 amide bonds. The van der Waals surface area contributed by atoms with Gasteiger partial charge >= 0.3 is 0 Å². The molecule has 80 valence electrons. The molecular weight excluding hydrogens is 230 g/mol. The first-order chi connectivity index (χ1) is 7.08. The highest BCUT2D eigenvalue weighted by Gasteiger charge is 2.28. The van der Waals surface area contributed by atoms with E-state index in [1.165, 1.54) is 0 Å². The minimum Gasteiger partial charge on any atom is -0.311 e. The first kappa shape index (κ1) is 10.8. The van der Waals surface area contributed by atoms with Crippen molar-refractivity contribution in [3.8, 4) is 0 Å². The van der Waals surface area contributed by atoms with Gasteiger partial charge < -0.3 is 4.90 Å². The normalized spacial score (nSPS) is 21.1. The SMILES string of the molecule is Cc1cc(Cl)ccc1N1CC(S)CC1=O. The van der Waals surface area contributed by atoms with E-state index in [-0.39, 0.29) is 11.2 Å². The number of amides is 1. The lowest BCUT2D eigenvalue weighted by Crippen LogP contribution is -2.25. The van der Waals surface area contributed by atoms with Gasteiger partial charge in [-0.15, -0.1) is 0 Å². The monoisotopic (exact) mass is 241 g/mol. The average Bonchev–Trinajstić information content (AvgIpc) is 2.45. The summed E-state index contributed by atoms with van der Waals surface area (Å²) >= 11 is 10.2. The molecule has 1 unspecified atom stereocenters. The van der Waals surface area contributed by atoms with Gasteiger partial charge in [0.15, 0.2) is 0 Å². The lowest BCUT2D eigenvalue weighted by molar-refractivity contribution is -0.117. The van der Waals surface area contributed by atoms with Gasteiger partial charge in [0.2, 0.25) is 5.91 Å². The molecule has 2 nitrogen and oxygen atoms in total. The molecule has 0 saturated carbocycles. The van der Waals surface area contributed by atoms with E-state index >= 15 is 0 Å². The molecular formula is C11H12ClNOS. The number of hydrogen-bond acceptors (Lipinski definition) is 2. The summed E-state index contributed by atoms with van der Waals surface area (Å²) in [6.07, 6.45) is 0.519. The molecule has 1 heterocycles. The molecule has 1 saturated heterocycles. The van der Waals surface area contributed by atoms with Crippen molar-refractivity contribution < 1.29 is 4.79 Å². The van der Waals surface area contributed by atoms with Crippen molar-refractivity contribution in [2.24, 2.45) is 0 Å². The van der Waals surface area contributed by atoms with Crippen LogP contribution in [-0.2, 0) is 4.79 Å². The van der Waals surface area contributed by atoms with Gasteiger partial charge in [-0.1, -0.05) is 11.6 Å². The Labute approximate surface area is 99.6 Å². The Balaban J connectivity index is 2.34. The summed E-state index contributed by atoms with van der Waals surface area (Å²) in [4.78, 5) is 13.4. The first-order valence-electron chi connectivity index (χ1n) is 4.82. The number of nitrogens with zero attached hydrogens (tertiary/aromatic N) is 1. The zero-order valence-electron chi connectivity index (χ0n) is 8.40. The maximum absolute atomic E-state index is 11.7. The summed E-state index contributed by atoms with van der Waals surface area (Å²) in [5, 5.41) is 0.845. The Morgan fingerprint density at radius 3 is 2.80 bits per heavy atom. The number of halogens is 1. The molecule has 0 bridgehead atoms. The standard InChI is InChI=1S/C11H12ClNOS/c1-7-4-8(12)2-3-10(7)13-6-9(15)5-11(13)14/h2-4,9,15H,5-6H2,1H3. The molecule has 1 aliphatic heterocycles. The number of benzene rings is 1. The van der Waals surface area contributed by atoms with Crippen LogP contribution in [0.5, 0.6) is 0 Å². The fraction of sp³-hybridized carbons (Fsp3) is 0.364. The third-order valence-electron chi connectivity index (χ3n) is 2.55. The molecule has 1 aromatic rings. The highest BCUT2D eigenvalue weighted by atomic mass is 35.5. The van der Waals surface area contributed by atoms with Gasteiger partial charge in [0.05, 0.1) is 0 Å². The van der Waals surface area contributed by atoms with E-state index in [9.17, 15) is 4.79 Å². The van der Waals surface area contributed by atoms with E-state index < -0.39 is 0 Å². The van der Waals surface area contributed by atoms with Crippen LogP contribution in [-0.4, -0.2) is 17.7 Å². The maximum Gasteiger partial charge on any atom is 0.228 e. The molecule has 0 aliphatic carbocycles. The van der Waals surface area contributed by atoms with Crippen LogP contribution in [0.1, 0.15) is 12.0 Å². The Morgan fingerprint density at radius 1 is 1.53 bits per heavy atom. The number of carbonyl (C=O) groups is 1. The predicted octanol–water partition coefficient (Wildman–Crippen LogP) is 2.68. The maximum atomic E-state index is 11.7. The van der Waals surface area contributed by atoms with Crippen molar-refractivity contribution in [2.75, 3.05) is 11.4 Å². The number of hydrogen-bond donors (Lipinski definition) is 1. The van der Waals surface area contributed by atoms with E-state index in [1.807, 2.05) is 25.1 Å². The average molecular weight is 242 g/mol. The third-order valence-corrected chi connectivity index (χ3v) is 3.14. The van der Waals surface area contributed by atoms with Gasteiger partial charge in [-0.3, -0.25) is 4.79 Å². The Kier molecular flexibility index (Phi) is 2.94. The van der Waals surface area contributed by atoms with Gasteiger partial charge in [0, 0.05) is 28.9 Å². The van der Waals surface area contributed by atoms with Gasteiger partial charge in [0.1, 0.15) is 0 Å². The minimum atomic E-state index is 0.139. The molecule has 0 radical (unpaired) electrons. The zero-order chi connectivity index (χ0) is 11.0. The Hall–Kier alpha value is -0.670. The highest BCUT2D eigenvalue weighted by molar-refractivity contribution is 7.81. The summed E-state index contributed by atoms with van der Waals surface area (Å²) in [6.45, 7) is 2.64. The van der Waals surface area contributed by atoms with Gasteiger partial charge in [-0.05, 0) is 30.7 Å². The fourth-order valence-corrected chi connectivity index (χ4v) is 2.39. The van der Waals surface area contributed by atoms with Crippen LogP contribution in [0.15, 0.2) is 18.2 Å². The summed E-state index contributed by atoms with van der Waals surface area (Å²) in [7, 11) is 0. The second kappa shape index (κ2) is 4.06. The largest absolute Gasteiger partial charge is 0.311 e. The molecule has 0 spiro atoms. The molecule has 1 aromatic carbocycles. The van der Waals surface area contributed by atoms with Crippen LogP contribution in [0.4, 0.5) is 5.69 Å². The molecule has 2 rings (SSSR count). The molecule has 4 heteroatoms. The zero-order valence-corrected chi connectivity index (χ0v) is 10.1. The van der Waals surface area contributed by atoms with Gasteiger partial charge in [0.25, 0.3) is 0 Å². The molecule has 0 N–H and O–H groups in total. The van der Waals surface area contributed by atoms with Crippen LogP contribution >= 0.6 is 24.2 Å². The van der Waals surface area contributed by atoms with Crippen LogP contribution in [0.3, 0.4) is 0 Å². The Morgan fingerprint density at radius 2 is 2.27 bits per heavy atom. The van der Waals surface area contributed by atoms with Crippen molar-refractivity contribution in [2.45, 2.75) is 18.6 Å². The second-order valence-electron chi connectivity index (χ2n) is 3.79. The van der Waals surface area contributed by atoms with E-state index in [0.717, 1.165) is 11.3 Å². The van der Waals surface area contributed by atoms with Crippen LogP contribution in [0.25, 0.3) is 0 Å². The molecule has 1 aliphatic rings. The third kappa shape index (κ3) is 2.13. The fourth-order valence-electron chi connectivity index (χ4n) is 1.84. The highest BCUT2D eigenvalue weighted by Crippen LogP contribution is 2.28. The summed E-state index contributed by atoms with van der Waals surface area (Å²) in [6, 6.07) is 5.57. The number of rotatable bonds is 1. The number of anilines is 1. The lowest BCUT2D eigenvalue weighted by Gasteiger charge is -2.18. The van der Waals surface area contributed by atoms with Crippen molar-refractivity contribution in [1.82, 2.24) is 0 Å². The van der Waals surface area contributed by atoms with E-state index in [2.05, 4.69) is 12.6 Å². The molecule has 0 aromatic heterocycles. The van der Waals surface area contributed by atoms with Crippen molar-refractivity contribution in [3.63, 3.8) is 0 Å². The van der Waals surface area contributed by atoms with E-state index in [4.69, 9.17) is 11.6 Å². The summed E-state index contributed by atoms with van der Waals surface area (Å²) in [5.74, 6) is 0.139. The summed E-state index contributed by atoms with van der Waals surface area (Å²) in [5.41, 5.74) is 1.97. The molecule has 1 atom stereocenters. The smallest absolute Gasteiger partial charge is 0.228 e. The number of aryl methyl sites for hydroxylation is 1. The lowest BCUT2D eigenvalue weighted by atomic mass is 10.2. The Bertz CT molecular complexity index is 408. The molecule has 1 fully saturated rings. The van der Waals surface area contributed by atoms with Crippen LogP contribution in [0.2, 0.25) is 5.02 Å². The second-order valence-corrected chi connectivity index (χ2v) is 4.96. The van der Waals surface area contributed by atoms with Crippen molar-refractivity contribution >= 4 is 35.8 Å². The van der Waals surface area contributed by atoms with Gasteiger partial charge in [-0.25, -0.2) is 0 Å². The number of thiol groups is 1. The van der Waals surface area contributed by atoms with Crippen molar-refractivity contribution in [1.29, 1.82) is 0 Å². The predicted molar refractivity (Wildman–Crippen MR) is 65.9 cm³/mol. The number of carbonyl (C=O) groups excluding carboxylic acids is 1. The van der Waals surface area contributed by atoms with Gasteiger partial charge in [-0.2, -0.15) is 12.6 Å². The topological polar surface area (TPSA) is 20.3 Å². The van der Waals surface area contributed by atoms with E-state index in [0.29, 0.717) is 18.0 Å². The quantitative estimate of drug-likeness (QED) is 0.750. The first-order valence-corrected chi connectivity index (χ1v) is 5.72. The minimum absolute atomic E-state index is 0.139. The van der Waals surface area contributed by atoms with E-state index in [1.54, 1.807) is 4.90 Å². The summed E-state index contributed by atoms with van der Waals surface area (Å²) < 4.78 is 0. The van der Waals surface area contributed by atoms with Crippen molar-refractivity contribution in [3.05, 3.63) is 28.8 Å². The van der Waals surface area contributed by atoms with Crippen LogP contribution in [0, 0.1) is 6.92 Å².